The van der Waals surface area contributed by atoms with E-state index in [2.05, 4.69) is 11.3 Å². The smallest absolute Gasteiger partial charge is 0.406 e. The zero-order chi connectivity index (χ0) is 14.8. The van der Waals surface area contributed by atoms with Crippen LogP contribution in [-0.4, -0.2) is 14.2 Å². The van der Waals surface area contributed by atoms with E-state index in [1.165, 1.54) is 12.1 Å². The fourth-order valence-electron chi connectivity index (χ4n) is 1.86. The largest absolute Gasteiger partial charge is 0.573 e. The molecule has 0 aromatic heterocycles. The van der Waals surface area contributed by atoms with Gasteiger partial charge in [0.25, 0.3) is 0 Å². The molecule has 0 fully saturated rings. The van der Waals surface area contributed by atoms with Gasteiger partial charge >= 0.3 is 6.36 Å². The van der Waals surface area contributed by atoms with Gasteiger partial charge in [-0.25, -0.2) is 0 Å². The van der Waals surface area contributed by atoms with Gasteiger partial charge in [0.15, 0.2) is 0 Å². The maximum atomic E-state index is 12.1. The number of hydrogen-bond acceptors (Lipinski definition) is 1. The molecule has 0 bridgehead atoms. The van der Waals surface area contributed by atoms with Crippen molar-refractivity contribution in [1.29, 1.82) is 0 Å². The number of hydrogen-bond donors (Lipinski definition) is 0. The topological polar surface area (TPSA) is 9.23 Å². The van der Waals surface area contributed by atoms with Gasteiger partial charge in [-0.2, -0.15) is 0 Å². The van der Waals surface area contributed by atoms with Crippen molar-refractivity contribution in [1.82, 2.24) is 0 Å². The number of alkyl halides is 3. The molecular formula is C15H12BF3O. The Balaban J connectivity index is 2.20. The van der Waals surface area contributed by atoms with Crippen LogP contribution in [0.2, 0.25) is 0 Å². The third-order valence-electron chi connectivity index (χ3n) is 2.80. The highest BCUT2D eigenvalue weighted by Gasteiger charge is 2.30. The molecule has 1 nitrogen and oxygen atoms in total. The molecule has 5 heteroatoms. The average molecular weight is 276 g/mol. The Labute approximate surface area is 116 Å². The van der Waals surface area contributed by atoms with Crippen LogP contribution in [0.4, 0.5) is 13.2 Å². The van der Waals surface area contributed by atoms with Crippen LogP contribution in [0.25, 0.3) is 5.57 Å². The first-order valence-corrected chi connectivity index (χ1v) is 5.97. The Morgan fingerprint density at radius 3 is 2.20 bits per heavy atom. The normalized spacial score (nSPS) is 11.2. The molecule has 0 aliphatic heterocycles. The predicted molar refractivity (Wildman–Crippen MR) is 75.9 cm³/mol. The summed E-state index contributed by atoms with van der Waals surface area (Å²) < 4.78 is 40.0. The molecular weight excluding hydrogens is 264 g/mol. The first-order valence-electron chi connectivity index (χ1n) is 5.97. The van der Waals surface area contributed by atoms with Crippen molar-refractivity contribution < 1.29 is 17.9 Å². The quantitative estimate of drug-likeness (QED) is 0.783. The predicted octanol–water partition coefficient (Wildman–Crippen LogP) is 2.91. The van der Waals surface area contributed by atoms with Crippen LogP contribution in [0, 0.1) is 0 Å². The van der Waals surface area contributed by atoms with Gasteiger partial charge in [-0.15, -0.1) is 13.2 Å². The SMILES string of the molecule is Bc1cccc(C(=C)c2ccc(OC(F)(F)F)cc2)c1. The average Bonchev–Trinajstić information content (AvgIpc) is 2.37. The molecule has 0 unspecified atom stereocenters. The molecule has 2 rings (SSSR count). The molecule has 0 N–H and O–H groups in total. The number of benzene rings is 2. The number of ether oxygens (including phenoxy) is 1. The van der Waals surface area contributed by atoms with Gasteiger partial charge in [0.1, 0.15) is 13.6 Å². The second-order valence-electron chi connectivity index (χ2n) is 4.42. The molecule has 102 valence electrons. The van der Waals surface area contributed by atoms with Crippen LogP contribution in [-0.2, 0) is 0 Å². The van der Waals surface area contributed by atoms with Crippen LogP contribution in [0.3, 0.4) is 0 Å². The number of rotatable bonds is 3. The van der Waals surface area contributed by atoms with Crippen LogP contribution < -0.4 is 10.2 Å². The van der Waals surface area contributed by atoms with Crippen molar-refractivity contribution in [2.75, 3.05) is 0 Å². The van der Waals surface area contributed by atoms with Gasteiger partial charge in [0, 0.05) is 0 Å². The summed E-state index contributed by atoms with van der Waals surface area (Å²) in [5.74, 6) is -0.238. The third kappa shape index (κ3) is 3.67. The third-order valence-corrected chi connectivity index (χ3v) is 2.80. The Kier molecular flexibility index (Phi) is 3.88. The fraction of sp³-hybridized carbons (Fsp3) is 0.0667. The highest BCUT2D eigenvalue weighted by atomic mass is 19.4. The van der Waals surface area contributed by atoms with E-state index in [1.54, 1.807) is 12.1 Å². The Bertz CT molecular complexity index is 618. The zero-order valence-electron chi connectivity index (χ0n) is 10.9. The van der Waals surface area contributed by atoms with Gasteiger partial charge in [-0.05, 0) is 28.8 Å². The monoisotopic (exact) mass is 276 g/mol. The summed E-state index contributed by atoms with van der Waals surface area (Å²) in [7, 11) is 1.97. The van der Waals surface area contributed by atoms with E-state index in [9.17, 15) is 13.2 Å². The van der Waals surface area contributed by atoms with Crippen molar-refractivity contribution in [3.8, 4) is 5.75 Å². The van der Waals surface area contributed by atoms with E-state index in [0.29, 0.717) is 0 Å². The Morgan fingerprint density at radius 2 is 1.65 bits per heavy atom. The van der Waals surface area contributed by atoms with Gasteiger partial charge in [-0.3, -0.25) is 0 Å². The lowest BCUT2D eigenvalue weighted by molar-refractivity contribution is -0.274. The van der Waals surface area contributed by atoms with Crippen molar-refractivity contribution in [2.24, 2.45) is 0 Å². The highest BCUT2D eigenvalue weighted by Crippen LogP contribution is 2.26. The van der Waals surface area contributed by atoms with Crippen molar-refractivity contribution in [3.63, 3.8) is 0 Å². The van der Waals surface area contributed by atoms with Crippen LogP contribution in [0.15, 0.2) is 55.1 Å². The van der Waals surface area contributed by atoms with Gasteiger partial charge < -0.3 is 4.74 Å². The van der Waals surface area contributed by atoms with E-state index in [-0.39, 0.29) is 5.75 Å². The molecule has 0 atom stereocenters. The van der Waals surface area contributed by atoms with Crippen LogP contribution in [0.1, 0.15) is 11.1 Å². The zero-order valence-corrected chi connectivity index (χ0v) is 10.9. The second-order valence-corrected chi connectivity index (χ2v) is 4.42. The summed E-state index contributed by atoms with van der Waals surface area (Å²) in [6.07, 6.45) is -4.67. The molecule has 0 radical (unpaired) electrons. The first kappa shape index (κ1) is 14.2. The van der Waals surface area contributed by atoms with Crippen molar-refractivity contribution in [3.05, 3.63) is 66.2 Å². The minimum absolute atomic E-state index is 0.238. The molecule has 0 saturated carbocycles. The minimum Gasteiger partial charge on any atom is -0.406 e. The van der Waals surface area contributed by atoms with Crippen LogP contribution in [0.5, 0.6) is 5.75 Å². The molecule has 0 heterocycles. The highest BCUT2D eigenvalue weighted by molar-refractivity contribution is 6.32. The van der Waals surface area contributed by atoms with Crippen molar-refractivity contribution in [2.45, 2.75) is 6.36 Å². The molecule has 0 aliphatic carbocycles. The standard InChI is InChI=1S/C15H12BF3O/c1-10(12-3-2-4-13(16)9-12)11-5-7-14(8-6-11)20-15(17,18)19/h2-9H,1,16H2. The number of halogens is 3. The molecule has 0 aliphatic rings. The summed E-state index contributed by atoms with van der Waals surface area (Å²) in [5.41, 5.74) is 3.55. The molecule has 2 aromatic carbocycles. The maximum absolute atomic E-state index is 12.1. The summed E-state index contributed by atoms with van der Waals surface area (Å²) in [6.45, 7) is 3.98. The van der Waals surface area contributed by atoms with Gasteiger partial charge in [0.05, 0.1) is 0 Å². The Morgan fingerprint density at radius 1 is 1.00 bits per heavy atom. The molecule has 20 heavy (non-hydrogen) atoms. The van der Waals surface area contributed by atoms with Gasteiger partial charge in [0.2, 0.25) is 0 Å². The maximum Gasteiger partial charge on any atom is 0.573 e. The molecule has 0 spiro atoms. The second kappa shape index (κ2) is 5.45. The summed E-state index contributed by atoms with van der Waals surface area (Å²) >= 11 is 0. The molecule has 0 amide bonds. The van der Waals surface area contributed by atoms with E-state index >= 15 is 0 Å². The van der Waals surface area contributed by atoms with E-state index in [4.69, 9.17) is 0 Å². The lowest BCUT2D eigenvalue weighted by Gasteiger charge is -2.11. The van der Waals surface area contributed by atoms with Crippen LogP contribution >= 0.6 is 0 Å². The molecule has 2 aromatic rings. The summed E-state index contributed by atoms with van der Waals surface area (Å²) in [4.78, 5) is 0. The summed E-state index contributed by atoms with van der Waals surface area (Å²) in [5, 5.41) is 0. The minimum atomic E-state index is -4.67. The van der Waals surface area contributed by atoms with Crippen molar-refractivity contribution >= 4 is 18.9 Å². The van der Waals surface area contributed by atoms with Gasteiger partial charge in [-0.1, -0.05) is 48.4 Å². The van der Waals surface area contributed by atoms with E-state index < -0.39 is 6.36 Å². The van der Waals surface area contributed by atoms with E-state index in [1.807, 2.05) is 32.1 Å². The lowest BCUT2D eigenvalue weighted by Crippen LogP contribution is -2.17. The lowest BCUT2D eigenvalue weighted by atomic mass is 9.91. The first-order chi connectivity index (χ1) is 9.35. The summed E-state index contributed by atoms with van der Waals surface area (Å²) in [6, 6.07) is 13.5. The molecule has 0 saturated heterocycles. The Hall–Kier alpha value is -2.17. The fourth-order valence-corrected chi connectivity index (χ4v) is 1.86. The van der Waals surface area contributed by atoms with E-state index in [0.717, 1.165) is 22.2 Å².